The number of piperidine rings is 1. The molecule has 2 N–H and O–H groups in total. The van der Waals surface area contributed by atoms with Gasteiger partial charge in [0.15, 0.2) is 0 Å². The number of H-pyrrole nitrogens is 1. The predicted molar refractivity (Wildman–Crippen MR) is 104 cm³/mol. The van der Waals surface area contributed by atoms with E-state index in [0.717, 1.165) is 41.8 Å². The quantitative estimate of drug-likeness (QED) is 0.752. The number of amides is 2. The molecule has 1 saturated heterocycles. The number of likely N-dealkylation sites (tertiary alicyclic amines) is 1. The molecule has 0 aliphatic carbocycles. The third-order valence-electron chi connectivity index (χ3n) is 5.01. The van der Waals surface area contributed by atoms with Gasteiger partial charge in [0.25, 0.3) is 5.91 Å². The summed E-state index contributed by atoms with van der Waals surface area (Å²) in [5.74, 6) is 0.734. The van der Waals surface area contributed by atoms with E-state index in [1.54, 1.807) is 11.8 Å². The first-order chi connectivity index (χ1) is 13.1. The van der Waals surface area contributed by atoms with Crippen LogP contribution in [0.3, 0.4) is 0 Å². The van der Waals surface area contributed by atoms with Crippen LogP contribution in [0, 0.1) is 0 Å². The van der Waals surface area contributed by atoms with Crippen molar-refractivity contribution in [3.8, 4) is 11.4 Å². The number of aromatic amines is 1. The zero-order chi connectivity index (χ0) is 18.8. The Morgan fingerprint density at radius 3 is 2.67 bits per heavy atom. The number of hydrogen-bond acceptors (Lipinski definition) is 3. The van der Waals surface area contributed by atoms with Crippen molar-refractivity contribution in [2.75, 3.05) is 13.1 Å². The minimum atomic E-state index is -0.110. The van der Waals surface area contributed by atoms with Gasteiger partial charge >= 0.3 is 0 Å². The third-order valence-corrected chi connectivity index (χ3v) is 5.01. The topological polar surface area (TPSA) is 78.1 Å². The molecule has 138 valence electrons. The first-order valence-electron chi connectivity index (χ1n) is 9.22. The fraction of sp³-hybridized carbons (Fsp3) is 0.286. The lowest BCUT2D eigenvalue weighted by atomic mass is 10.0. The Balaban J connectivity index is 1.45. The van der Waals surface area contributed by atoms with Crippen LogP contribution >= 0.6 is 0 Å². The molecule has 4 rings (SSSR count). The molecule has 6 nitrogen and oxygen atoms in total. The van der Waals surface area contributed by atoms with Gasteiger partial charge in [0.2, 0.25) is 5.91 Å². The minimum absolute atomic E-state index is 0.00481. The lowest BCUT2D eigenvalue weighted by Gasteiger charge is -2.32. The third kappa shape index (κ3) is 3.69. The van der Waals surface area contributed by atoms with Crippen LogP contribution in [-0.2, 0) is 4.79 Å². The number of nitrogens with one attached hydrogen (secondary N) is 2. The summed E-state index contributed by atoms with van der Waals surface area (Å²) in [7, 11) is 0. The Labute approximate surface area is 157 Å². The molecule has 2 heterocycles. The highest BCUT2D eigenvalue weighted by Gasteiger charge is 2.23. The van der Waals surface area contributed by atoms with Crippen LogP contribution in [0.5, 0.6) is 0 Å². The van der Waals surface area contributed by atoms with Crippen LogP contribution in [-0.4, -0.2) is 45.8 Å². The van der Waals surface area contributed by atoms with Gasteiger partial charge in [-0.25, -0.2) is 4.98 Å². The number of hydrogen-bond donors (Lipinski definition) is 2. The van der Waals surface area contributed by atoms with Crippen LogP contribution in [0.25, 0.3) is 22.4 Å². The molecule has 0 radical (unpaired) electrons. The molecule has 0 spiro atoms. The van der Waals surface area contributed by atoms with E-state index in [4.69, 9.17) is 0 Å². The Morgan fingerprint density at radius 2 is 1.93 bits per heavy atom. The van der Waals surface area contributed by atoms with E-state index in [1.165, 1.54) is 0 Å². The molecule has 6 heteroatoms. The lowest BCUT2D eigenvalue weighted by Crippen LogP contribution is -2.49. The van der Waals surface area contributed by atoms with Crippen LogP contribution in [0.1, 0.15) is 30.1 Å². The molecule has 1 aliphatic heterocycles. The molecular weight excluding hydrogens is 340 g/mol. The van der Waals surface area contributed by atoms with Crippen molar-refractivity contribution in [3.05, 3.63) is 54.1 Å². The first-order valence-corrected chi connectivity index (χ1v) is 9.22. The predicted octanol–water partition coefficient (Wildman–Crippen LogP) is 2.97. The highest BCUT2D eigenvalue weighted by atomic mass is 16.2. The Bertz CT molecular complexity index is 944. The van der Waals surface area contributed by atoms with Crippen LogP contribution in [0.4, 0.5) is 0 Å². The summed E-state index contributed by atoms with van der Waals surface area (Å²) in [5, 5.41) is 3.04. The first kappa shape index (κ1) is 17.3. The summed E-state index contributed by atoms with van der Waals surface area (Å²) in [5.41, 5.74) is 3.45. The standard InChI is InChI=1S/C21H22N4O2/c1-14(26)25-12-4-5-17(13-25)22-21(27)16-10-8-15(9-11-16)20-23-18-6-2-3-7-19(18)24-20/h2-3,6-11,17H,4-5,12-13H2,1H3,(H,22,27)(H,23,24)/t17-/m1/s1. The van der Waals surface area contributed by atoms with Crippen LogP contribution in [0.2, 0.25) is 0 Å². The number of para-hydroxylation sites is 2. The molecule has 3 aromatic rings. The molecule has 0 bridgehead atoms. The molecule has 27 heavy (non-hydrogen) atoms. The van der Waals surface area contributed by atoms with Crippen LogP contribution < -0.4 is 5.32 Å². The molecule has 0 saturated carbocycles. The number of rotatable bonds is 3. The highest BCUT2D eigenvalue weighted by molar-refractivity contribution is 5.95. The monoisotopic (exact) mass is 362 g/mol. The second kappa shape index (κ2) is 7.23. The van der Waals surface area contributed by atoms with E-state index >= 15 is 0 Å². The van der Waals surface area contributed by atoms with Gasteiger partial charge in [-0.3, -0.25) is 9.59 Å². The van der Waals surface area contributed by atoms with Gasteiger partial charge in [0.1, 0.15) is 5.82 Å². The van der Waals surface area contributed by atoms with E-state index in [1.807, 2.05) is 48.5 Å². The Hall–Kier alpha value is -3.15. The Kier molecular flexibility index (Phi) is 4.62. The molecule has 2 aromatic carbocycles. The van der Waals surface area contributed by atoms with Crippen molar-refractivity contribution in [2.24, 2.45) is 0 Å². The summed E-state index contributed by atoms with van der Waals surface area (Å²) < 4.78 is 0. The number of fused-ring (bicyclic) bond motifs is 1. The molecule has 1 aromatic heterocycles. The molecule has 1 atom stereocenters. The van der Waals surface area contributed by atoms with Crippen molar-refractivity contribution in [1.29, 1.82) is 0 Å². The zero-order valence-corrected chi connectivity index (χ0v) is 15.2. The molecule has 0 unspecified atom stereocenters. The summed E-state index contributed by atoms with van der Waals surface area (Å²) in [6.07, 6.45) is 1.81. The second-order valence-corrected chi connectivity index (χ2v) is 6.96. The average molecular weight is 362 g/mol. The van der Waals surface area contributed by atoms with Gasteiger partial charge in [0.05, 0.1) is 11.0 Å². The number of aromatic nitrogens is 2. The molecule has 2 amide bonds. The smallest absolute Gasteiger partial charge is 0.251 e. The van der Waals surface area contributed by atoms with Crippen molar-refractivity contribution in [2.45, 2.75) is 25.8 Å². The fourth-order valence-electron chi connectivity index (χ4n) is 3.52. The van der Waals surface area contributed by atoms with Gasteiger partial charge in [-0.2, -0.15) is 0 Å². The largest absolute Gasteiger partial charge is 0.348 e. The van der Waals surface area contributed by atoms with Gasteiger partial charge in [-0.05, 0) is 37.1 Å². The zero-order valence-electron chi connectivity index (χ0n) is 15.2. The van der Waals surface area contributed by atoms with Crippen molar-refractivity contribution < 1.29 is 9.59 Å². The molecule has 1 fully saturated rings. The van der Waals surface area contributed by atoms with Gasteiger partial charge < -0.3 is 15.2 Å². The van der Waals surface area contributed by atoms with E-state index in [-0.39, 0.29) is 17.9 Å². The Morgan fingerprint density at radius 1 is 1.15 bits per heavy atom. The van der Waals surface area contributed by atoms with Crippen molar-refractivity contribution in [1.82, 2.24) is 20.2 Å². The SMILES string of the molecule is CC(=O)N1CCC[C@@H](NC(=O)c2ccc(-c3nc4ccccc4[nH]3)cc2)C1. The van der Waals surface area contributed by atoms with Gasteiger partial charge in [-0.1, -0.05) is 24.3 Å². The normalized spacial score (nSPS) is 17.1. The van der Waals surface area contributed by atoms with Crippen LogP contribution in [0.15, 0.2) is 48.5 Å². The average Bonchev–Trinajstić information content (AvgIpc) is 3.12. The summed E-state index contributed by atoms with van der Waals surface area (Å²) in [4.78, 5) is 33.7. The number of nitrogens with zero attached hydrogens (tertiary/aromatic N) is 2. The maximum absolute atomic E-state index is 12.5. The maximum Gasteiger partial charge on any atom is 0.251 e. The van der Waals surface area contributed by atoms with E-state index < -0.39 is 0 Å². The minimum Gasteiger partial charge on any atom is -0.348 e. The van der Waals surface area contributed by atoms with Crippen molar-refractivity contribution >= 4 is 22.8 Å². The maximum atomic E-state index is 12.5. The fourth-order valence-corrected chi connectivity index (χ4v) is 3.52. The summed E-state index contributed by atoms with van der Waals surface area (Å²) >= 11 is 0. The second-order valence-electron chi connectivity index (χ2n) is 6.96. The number of imidazole rings is 1. The molecular formula is C21H22N4O2. The summed E-state index contributed by atoms with van der Waals surface area (Å²) in [6.45, 7) is 2.92. The lowest BCUT2D eigenvalue weighted by molar-refractivity contribution is -0.130. The van der Waals surface area contributed by atoms with Gasteiger partial charge in [0, 0.05) is 37.2 Å². The highest BCUT2D eigenvalue weighted by Crippen LogP contribution is 2.21. The van der Waals surface area contributed by atoms with Crippen molar-refractivity contribution in [3.63, 3.8) is 0 Å². The number of carbonyl (C=O) groups excluding carboxylic acids is 2. The van der Waals surface area contributed by atoms with E-state index in [0.29, 0.717) is 12.1 Å². The number of benzene rings is 2. The molecule has 1 aliphatic rings. The van der Waals surface area contributed by atoms with E-state index in [9.17, 15) is 9.59 Å². The summed E-state index contributed by atoms with van der Waals surface area (Å²) in [6, 6.07) is 15.3. The van der Waals surface area contributed by atoms with E-state index in [2.05, 4.69) is 15.3 Å². The van der Waals surface area contributed by atoms with Gasteiger partial charge in [-0.15, -0.1) is 0 Å². The number of carbonyl (C=O) groups is 2.